The summed E-state index contributed by atoms with van der Waals surface area (Å²) >= 11 is 0. The van der Waals surface area contributed by atoms with E-state index in [2.05, 4.69) is 0 Å². The molecular formula is C9H17NO4S. The molecule has 1 spiro atoms. The van der Waals surface area contributed by atoms with Crippen LogP contribution in [0.25, 0.3) is 0 Å². The van der Waals surface area contributed by atoms with E-state index < -0.39 is 15.8 Å². The van der Waals surface area contributed by atoms with Crippen LogP contribution in [-0.2, 0) is 19.5 Å². The molecule has 2 saturated heterocycles. The summed E-state index contributed by atoms with van der Waals surface area (Å²) in [5, 5.41) is 0. The van der Waals surface area contributed by atoms with Crippen LogP contribution in [0.3, 0.4) is 0 Å². The molecule has 88 valence electrons. The molecule has 2 fully saturated rings. The molecule has 0 N–H and O–H groups in total. The van der Waals surface area contributed by atoms with E-state index in [4.69, 9.17) is 9.47 Å². The van der Waals surface area contributed by atoms with E-state index >= 15 is 0 Å². The fraction of sp³-hybridized carbons (Fsp3) is 1.00. The van der Waals surface area contributed by atoms with E-state index in [1.54, 1.807) is 6.92 Å². The van der Waals surface area contributed by atoms with Crippen LogP contribution in [0.15, 0.2) is 0 Å². The highest BCUT2D eigenvalue weighted by atomic mass is 32.2. The van der Waals surface area contributed by atoms with Gasteiger partial charge in [0.1, 0.15) is 0 Å². The normalized spacial score (nSPS) is 27.3. The second-order valence-electron chi connectivity index (χ2n) is 3.95. The molecule has 0 aliphatic carbocycles. The van der Waals surface area contributed by atoms with Gasteiger partial charge < -0.3 is 9.47 Å². The van der Waals surface area contributed by atoms with Gasteiger partial charge in [0.2, 0.25) is 10.0 Å². The lowest BCUT2D eigenvalue weighted by molar-refractivity contribution is -0.179. The van der Waals surface area contributed by atoms with E-state index in [1.807, 2.05) is 0 Å². The number of hydrogen-bond donors (Lipinski definition) is 0. The predicted octanol–water partition coefficient (Wildman–Crippen LogP) is 0.175. The lowest BCUT2D eigenvalue weighted by Gasteiger charge is -2.37. The molecule has 0 amide bonds. The van der Waals surface area contributed by atoms with Gasteiger partial charge in [0.15, 0.2) is 5.79 Å². The van der Waals surface area contributed by atoms with Gasteiger partial charge in [-0.25, -0.2) is 8.42 Å². The maximum atomic E-state index is 11.7. The van der Waals surface area contributed by atoms with Crippen molar-refractivity contribution < 1.29 is 17.9 Å². The van der Waals surface area contributed by atoms with Crippen molar-refractivity contribution in [1.29, 1.82) is 0 Å². The lowest BCUT2D eigenvalue weighted by atomic mass is 10.1. The number of ether oxygens (including phenoxy) is 2. The first-order chi connectivity index (χ1) is 7.08. The summed E-state index contributed by atoms with van der Waals surface area (Å²) in [5.41, 5.74) is 0. The fourth-order valence-corrected chi connectivity index (χ4v) is 3.27. The highest BCUT2D eigenvalue weighted by Gasteiger charge is 2.43. The minimum Gasteiger partial charge on any atom is -0.346 e. The van der Waals surface area contributed by atoms with Crippen LogP contribution in [-0.4, -0.2) is 50.6 Å². The first kappa shape index (κ1) is 11.3. The number of nitrogens with zero attached hydrogens (tertiary/aromatic N) is 1. The van der Waals surface area contributed by atoms with Crippen LogP contribution in [0.5, 0.6) is 0 Å². The Morgan fingerprint density at radius 1 is 1.33 bits per heavy atom. The third kappa shape index (κ3) is 2.18. The zero-order valence-electron chi connectivity index (χ0n) is 8.94. The van der Waals surface area contributed by atoms with Crippen molar-refractivity contribution in [1.82, 2.24) is 4.31 Å². The molecule has 2 aliphatic heterocycles. The first-order valence-corrected chi connectivity index (χ1v) is 6.95. The van der Waals surface area contributed by atoms with E-state index in [9.17, 15) is 8.42 Å². The fourth-order valence-electron chi connectivity index (χ4n) is 2.10. The van der Waals surface area contributed by atoms with E-state index in [0.717, 1.165) is 12.8 Å². The van der Waals surface area contributed by atoms with Crippen LogP contribution in [0.4, 0.5) is 0 Å². The standard InChI is InChI=1S/C9H17NO4S/c1-2-15(11,12)10-5-3-4-9(8-10)13-6-7-14-9/h2-8H2,1H3. The Kier molecular flexibility index (Phi) is 3.03. The van der Waals surface area contributed by atoms with Gasteiger partial charge in [0, 0.05) is 13.0 Å². The average molecular weight is 235 g/mol. The maximum Gasteiger partial charge on any atom is 0.214 e. The van der Waals surface area contributed by atoms with Crippen LogP contribution in [0.2, 0.25) is 0 Å². The summed E-state index contributed by atoms with van der Waals surface area (Å²) in [5.74, 6) is -0.510. The molecule has 15 heavy (non-hydrogen) atoms. The van der Waals surface area contributed by atoms with Crippen molar-refractivity contribution in [3.05, 3.63) is 0 Å². The molecule has 0 atom stereocenters. The summed E-state index contributed by atoms with van der Waals surface area (Å²) in [4.78, 5) is 0. The molecule has 0 radical (unpaired) electrons. The van der Waals surface area contributed by atoms with E-state index in [-0.39, 0.29) is 5.75 Å². The summed E-state index contributed by atoms with van der Waals surface area (Å²) in [6.07, 6.45) is 1.60. The summed E-state index contributed by atoms with van der Waals surface area (Å²) in [6, 6.07) is 0. The Bertz CT molecular complexity index is 321. The smallest absolute Gasteiger partial charge is 0.214 e. The Morgan fingerprint density at radius 2 is 2.00 bits per heavy atom. The van der Waals surface area contributed by atoms with Crippen LogP contribution in [0.1, 0.15) is 19.8 Å². The molecule has 2 heterocycles. The van der Waals surface area contributed by atoms with Crippen molar-refractivity contribution in [2.75, 3.05) is 32.1 Å². The summed E-state index contributed by atoms with van der Waals surface area (Å²) < 4.78 is 36.0. The molecule has 2 aliphatic rings. The molecule has 5 nitrogen and oxygen atoms in total. The van der Waals surface area contributed by atoms with Crippen molar-refractivity contribution in [3.8, 4) is 0 Å². The second-order valence-corrected chi connectivity index (χ2v) is 6.20. The molecule has 0 aromatic carbocycles. The van der Waals surface area contributed by atoms with Crippen molar-refractivity contribution in [2.45, 2.75) is 25.6 Å². The molecular weight excluding hydrogens is 218 g/mol. The van der Waals surface area contributed by atoms with Gasteiger partial charge in [-0.2, -0.15) is 4.31 Å². The summed E-state index contributed by atoms with van der Waals surface area (Å²) in [6.45, 7) is 3.74. The number of hydrogen-bond acceptors (Lipinski definition) is 4. The van der Waals surface area contributed by atoms with Crippen LogP contribution in [0, 0.1) is 0 Å². The molecule has 0 bridgehead atoms. The van der Waals surface area contributed by atoms with Crippen molar-refractivity contribution >= 4 is 10.0 Å². The number of piperidine rings is 1. The molecule has 6 heteroatoms. The highest BCUT2D eigenvalue weighted by Crippen LogP contribution is 2.31. The van der Waals surface area contributed by atoms with Gasteiger partial charge in [-0.05, 0) is 13.3 Å². The zero-order chi connectivity index (χ0) is 10.9. The monoisotopic (exact) mass is 235 g/mol. The summed E-state index contributed by atoms with van der Waals surface area (Å²) in [7, 11) is -3.11. The van der Waals surface area contributed by atoms with Gasteiger partial charge >= 0.3 is 0 Å². The van der Waals surface area contributed by atoms with Gasteiger partial charge in [0.25, 0.3) is 0 Å². The Balaban J connectivity index is 2.10. The predicted molar refractivity (Wildman–Crippen MR) is 54.9 cm³/mol. The van der Waals surface area contributed by atoms with Gasteiger partial charge in [-0.15, -0.1) is 0 Å². The zero-order valence-corrected chi connectivity index (χ0v) is 9.75. The van der Waals surface area contributed by atoms with Crippen LogP contribution >= 0.6 is 0 Å². The number of rotatable bonds is 2. The number of sulfonamides is 1. The van der Waals surface area contributed by atoms with Gasteiger partial charge in [-0.3, -0.25) is 0 Å². The Labute approximate surface area is 90.4 Å². The molecule has 0 aromatic heterocycles. The third-order valence-corrected chi connectivity index (χ3v) is 4.78. The SMILES string of the molecule is CCS(=O)(=O)N1CCCC2(C1)OCCO2. The minimum absolute atomic E-state index is 0.142. The van der Waals surface area contributed by atoms with E-state index in [0.29, 0.717) is 26.3 Å². The molecule has 2 rings (SSSR count). The Hall–Kier alpha value is -0.170. The molecule has 0 saturated carbocycles. The molecule has 0 unspecified atom stereocenters. The van der Waals surface area contributed by atoms with E-state index in [1.165, 1.54) is 4.31 Å². The molecule has 0 aromatic rings. The highest BCUT2D eigenvalue weighted by molar-refractivity contribution is 7.89. The second kappa shape index (κ2) is 4.01. The lowest BCUT2D eigenvalue weighted by Crippen LogP contribution is -2.51. The topological polar surface area (TPSA) is 55.8 Å². The quantitative estimate of drug-likeness (QED) is 0.685. The van der Waals surface area contributed by atoms with Crippen LogP contribution < -0.4 is 0 Å². The van der Waals surface area contributed by atoms with Gasteiger partial charge in [0.05, 0.1) is 25.5 Å². The maximum absolute atomic E-state index is 11.7. The average Bonchev–Trinajstić information content (AvgIpc) is 2.66. The van der Waals surface area contributed by atoms with Gasteiger partial charge in [-0.1, -0.05) is 0 Å². The Morgan fingerprint density at radius 3 is 2.60 bits per heavy atom. The minimum atomic E-state index is -3.11. The first-order valence-electron chi connectivity index (χ1n) is 5.34. The third-order valence-electron chi connectivity index (χ3n) is 2.95. The largest absolute Gasteiger partial charge is 0.346 e. The van der Waals surface area contributed by atoms with Crippen molar-refractivity contribution in [2.24, 2.45) is 0 Å². The van der Waals surface area contributed by atoms with Crippen molar-refractivity contribution in [3.63, 3.8) is 0 Å².